The van der Waals surface area contributed by atoms with E-state index >= 15 is 0 Å². The monoisotopic (exact) mass is 468 g/mol. The number of quaternary nitrogens is 1. The highest BCUT2D eigenvalue weighted by atomic mass is 32.2. The zero-order valence-corrected chi connectivity index (χ0v) is 20.9. The first-order valence-electron chi connectivity index (χ1n) is 11.2. The van der Waals surface area contributed by atoms with Crippen molar-refractivity contribution >= 4 is 36.1 Å². The van der Waals surface area contributed by atoms with Crippen molar-refractivity contribution in [2.24, 2.45) is 17.8 Å². The van der Waals surface area contributed by atoms with Gasteiger partial charge in [-0.05, 0) is 55.2 Å². The van der Waals surface area contributed by atoms with Gasteiger partial charge in [-0.3, -0.25) is 4.79 Å². The van der Waals surface area contributed by atoms with Crippen LogP contribution in [-0.4, -0.2) is 48.1 Å². The largest absolute Gasteiger partial charge is 0.550 e. The molecule has 0 aliphatic rings. The van der Waals surface area contributed by atoms with Crippen molar-refractivity contribution in [3.63, 3.8) is 0 Å². The minimum Gasteiger partial charge on any atom is -0.550 e. The number of benzene rings is 1. The van der Waals surface area contributed by atoms with Gasteiger partial charge in [0, 0.05) is 30.5 Å². The third-order valence-corrected chi connectivity index (χ3v) is 7.06. The highest BCUT2D eigenvalue weighted by Gasteiger charge is 2.25. The highest BCUT2D eigenvalue weighted by Crippen LogP contribution is 2.19. The molecule has 0 radical (unpaired) electrons. The van der Waals surface area contributed by atoms with E-state index in [9.17, 15) is 14.7 Å². The number of carboxylic acids is 1. The number of rotatable bonds is 17. The summed E-state index contributed by atoms with van der Waals surface area (Å²) in [5, 5.41) is 15.0. The first kappa shape index (κ1) is 28.0. The van der Waals surface area contributed by atoms with E-state index in [0.29, 0.717) is 36.5 Å². The van der Waals surface area contributed by atoms with Crippen LogP contribution in [0, 0.1) is 17.8 Å². The van der Waals surface area contributed by atoms with E-state index in [1.54, 1.807) is 11.8 Å². The molecule has 176 valence electrons. The molecule has 0 amide bonds. The molecule has 1 aromatic rings. The number of carbonyl (C=O) groups is 2. The number of carboxylic acid groups (broad SMARTS) is 1. The number of Topliss-reactive ketones (excluding diaryl/α,β-unsaturated/α-hetero) is 1. The lowest BCUT2D eigenvalue weighted by atomic mass is 9.88. The van der Waals surface area contributed by atoms with Crippen LogP contribution in [0.5, 0.6) is 0 Å². The van der Waals surface area contributed by atoms with E-state index in [0.717, 1.165) is 30.7 Å². The van der Waals surface area contributed by atoms with Crippen LogP contribution in [-0.2, 0) is 16.0 Å². The third kappa shape index (κ3) is 11.4. The quantitative estimate of drug-likeness (QED) is 0.303. The molecule has 0 saturated carbocycles. The van der Waals surface area contributed by atoms with Crippen LogP contribution in [0.25, 0.3) is 0 Å². The van der Waals surface area contributed by atoms with Crippen molar-refractivity contribution in [1.29, 1.82) is 0 Å². The number of thioether (sulfide) groups is 1. The second-order valence-electron chi connectivity index (χ2n) is 8.75. The molecule has 1 aromatic carbocycles. The maximum Gasteiger partial charge on any atom is 0.150 e. The number of ketones is 1. The van der Waals surface area contributed by atoms with E-state index < -0.39 is 17.9 Å². The fourth-order valence-corrected chi connectivity index (χ4v) is 4.31. The van der Waals surface area contributed by atoms with Crippen molar-refractivity contribution in [3.05, 3.63) is 35.9 Å². The molecule has 0 aliphatic carbocycles. The second-order valence-corrected chi connectivity index (χ2v) is 10.1. The molecular formula is C24H40N2O3S2. The Hall–Kier alpha value is -1.02. The van der Waals surface area contributed by atoms with Gasteiger partial charge in [-0.1, -0.05) is 44.2 Å². The van der Waals surface area contributed by atoms with Gasteiger partial charge >= 0.3 is 0 Å². The Morgan fingerprint density at radius 3 is 2.39 bits per heavy atom. The summed E-state index contributed by atoms with van der Waals surface area (Å²) >= 11 is 5.92. The highest BCUT2D eigenvalue weighted by molar-refractivity contribution is 7.98. The summed E-state index contributed by atoms with van der Waals surface area (Å²) in [7, 11) is 0. The molecule has 0 fully saturated rings. The summed E-state index contributed by atoms with van der Waals surface area (Å²) in [6.07, 6.45) is 5.00. The molecule has 4 N–H and O–H groups in total. The van der Waals surface area contributed by atoms with E-state index in [1.165, 1.54) is 0 Å². The first-order chi connectivity index (χ1) is 14.8. The third-order valence-electron chi connectivity index (χ3n) is 5.90. The summed E-state index contributed by atoms with van der Waals surface area (Å²) in [5.74, 6) is 0.460. The summed E-state index contributed by atoms with van der Waals surface area (Å²) in [6.45, 7) is 5.13. The summed E-state index contributed by atoms with van der Waals surface area (Å²) < 4.78 is 0. The predicted octanol–water partition coefficient (Wildman–Crippen LogP) is 1.86. The minimum atomic E-state index is -1.13. The number of nitrogens with one attached hydrogen (secondary N) is 1. The summed E-state index contributed by atoms with van der Waals surface area (Å²) in [4.78, 5) is 24.7. The normalized spacial score (nSPS) is 15.4. The van der Waals surface area contributed by atoms with Crippen LogP contribution >= 0.6 is 24.4 Å². The zero-order valence-electron chi connectivity index (χ0n) is 19.2. The van der Waals surface area contributed by atoms with Crippen LogP contribution in [0.3, 0.4) is 0 Å². The fourth-order valence-electron chi connectivity index (χ4n) is 3.60. The van der Waals surface area contributed by atoms with Gasteiger partial charge in [-0.15, -0.1) is 0 Å². The van der Waals surface area contributed by atoms with Crippen molar-refractivity contribution in [2.45, 2.75) is 58.0 Å². The molecule has 4 atom stereocenters. The number of hydrogen-bond donors (Lipinski definition) is 3. The molecule has 0 bridgehead atoms. The minimum absolute atomic E-state index is 0.0142. The van der Waals surface area contributed by atoms with Gasteiger partial charge in [0.05, 0.1) is 12.1 Å². The Bertz CT molecular complexity index is 643. The number of thiol groups is 1. The molecule has 7 heteroatoms. The molecule has 0 aliphatic heterocycles. The SMILES string of the molecule is CSCC[C@H](CC(=O)[C@H](Cc1ccccc1)NC[C@@H](CC[C@@H]([NH3+])CS)C(C)C)C(=O)[O-]. The summed E-state index contributed by atoms with van der Waals surface area (Å²) in [6, 6.07) is 9.81. The number of aliphatic carboxylic acids is 1. The predicted molar refractivity (Wildman–Crippen MR) is 131 cm³/mol. The van der Waals surface area contributed by atoms with Gasteiger partial charge in [0.1, 0.15) is 0 Å². The van der Waals surface area contributed by atoms with Crippen molar-refractivity contribution in [1.82, 2.24) is 5.32 Å². The lowest BCUT2D eigenvalue weighted by Gasteiger charge is -2.27. The van der Waals surface area contributed by atoms with Crippen LogP contribution < -0.4 is 16.2 Å². The second kappa shape index (κ2) is 15.7. The smallest absolute Gasteiger partial charge is 0.150 e. The van der Waals surface area contributed by atoms with Crippen molar-refractivity contribution in [2.75, 3.05) is 24.3 Å². The lowest BCUT2D eigenvalue weighted by molar-refractivity contribution is -0.413. The Kier molecular flexibility index (Phi) is 14.2. The van der Waals surface area contributed by atoms with Gasteiger partial charge in [-0.25, -0.2) is 0 Å². The van der Waals surface area contributed by atoms with Crippen LogP contribution in [0.15, 0.2) is 30.3 Å². The molecule has 0 aromatic heterocycles. The fraction of sp³-hybridized carbons (Fsp3) is 0.667. The lowest BCUT2D eigenvalue weighted by Crippen LogP contribution is -2.62. The molecule has 1 rings (SSSR count). The van der Waals surface area contributed by atoms with E-state index in [4.69, 9.17) is 0 Å². The number of hydrogen-bond acceptors (Lipinski definition) is 6. The van der Waals surface area contributed by atoms with Crippen LogP contribution in [0.2, 0.25) is 0 Å². The molecule has 0 unspecified atom stereocenters. The maximum absolute atomic E-state index is 13.1. The standard InChI is InChI=1S/C24H40N2O3S2/c1-17(2)20(9-10-21(25)16-30)15-26-22(13-18-7-5-4-6-8-18)23(27)14-19(24(28)29)11-12-31-3/h4-8,17,19-22,26,30H,9-16,25H2,1-3H3,(H,28,29)/t19-,20-,21-,22+/m1/s1. The zero-order chi connectivity index (χ0) is 23.2. The molecular weight excluding hydrogens is 428 g/mol. The molecule has 0 heterocycles. The Balaban J connectivity index is 2.86. The van der Waals surface area contributed by atoms with Gasteiger partial charge in [-0.2, -0.15) is 24.4 Å². The van der Waals surface area contributed by atoms with E-state index in [-0.39, 0.29) is 12.2 Å². The Morgan fingerprint density at radius 2 is 1.84 bits per heavy atom. The van der Waals surface area contributed by atoms with Gasteiger partial charge in [0.2, 0.25) is 0 Å². The molecule has 31 heavy (non-hydrogen) atoms. The van der Waals surface area contributed by atoms with Crippen LogP contribution in [0.4, 0.5) is 0 Å². The van der Waals surface area contributed by atoms with Gasteiger partial charge < -0.3 is 21.0 Å². The van der Waals surface area contributed by atoms with Crippen molar-refractivity contribution < 1.29 is 20.4 Å². The molecule has 5 nitrogen and oxygen atoms in total. The molecule has 0 spiro atoms. The van der Waals surface area contributed by atoms with Gasteiger partial charge in [0.25, 0.3) is 0 Å². The maximum atomic E-state index is 13.1. The average Bonchev–Trinajstić information content (AvgIpc) is 2.75. The topological polar surface area (TPSA) is 96.9 Å². The average molecular weight is 469 g/mol. The van der Waals surface area contributed by atoms with Crippen molar-refractivity contribution in [3.8, 4) is 0 Å². The van der Waals surface area contributed by atoms with E-state index in [1.807, 2.05) is 36.6 Å². The number of carbonyl (C=O) groups excluding carboxylic acids is 2. The molecule has 0 saturated heterocycles. The summed E-state index contributed by atoms with van der Waals surface area (Å²) in [5.41, 5.74) is 5.19. The first-order valence-corrected chi connectivity index (χ1v) is 13.2. The van der Waals surface area contributed by atoms with Crippen LogP contribution in [0.1, 0.15) is 45.1 Å². The van der Waals surface area contributed by atoms with Gasteiger partial charge in [0.15, 0.2) is 5.78 Å². The Morgan fingerprint density at radius 1 is 1.16 bits per heavy atom. The Labute approximate surface area is 197 Å². The van der Waals surface area contributed by atoms with E-state index in [2.05, 4.69) is 37.5 Å².